The van der Waals surface area contributed by atoms with E-state index in [4.69, 9.17) is 11.6 Å². The Labute approximate surface area is 328 Å². The Morgan fingerprint density at radius 2 is 0.792 bits per heavy atom. The minimum Gasteiger partial charge on any atom is -0.309 e. The average molecular weight is 742 g/mol. The summed E-state index contributed by atoms with van der Waals surface area (Å²) >= 11 is 9.61. The molecule has 0 spiro atoms. The predicted octanol–water partition coefficient (Wildman–Crippen LogP) is 16.0. The highest BCUT2D eigenvalue weighted by molar-refractivity contribution is 7.17. The second kappa shape index (κ2) is 14.0. The van der Waals surface area contributed by atoms with E-state index in [1.807, 2.05) is 0 Å². The molecule has 6 rings (SSSR count). The van der Waals surface area contributed by atoms with Crippen molar-refractivity contribution in [1.82, 2.24) is 0 Å². The molecule has 0 aliphatic carbocycles. The SMILES string of the molecule is Cc1cc(N(c2ccc(C(C)(C)C)cc2)c2ccc(C(C)(C)C)cc2)c(Cl)c(N(c2ccc(C(C)(C)C)cc2)c2csc3ccc(C(C)(C)C)cc23)c1. The first-order chi connectivity index (χ1) is 24.6. The van der Waals surface area contributed by atoms with Crippen molar-refractivity contribution < 1.29 is 0 Å². The third-order valence-corrected chi connectivity index (χ3v) is 11.6. The van der Waals surface area contributed by atoms with Gasteiger partial charge in [0.15, 0.2) is 0 Å². The van der Waals surface area contributed by atoms with Gasteiger partial charge in [0.05, 0.1) is 22.1 Å². The van der Waals surface area contributed by atoms with Crippen LogP contribution in [0.3, 0.4) is 0 Å². The Kier molecular flexibility index (Phi) is 10.2. The fraction of sp³-hybridized carbons (Fsp3) is 0.347. The Hall–Kier alpha value is -4.05. The number of hydrogen-bond acceptors (Lipinski definition) is 3. The molecule has 5 aromatic carbocycles. The van der Waals surface area contributed by atoms with Gasteiger partial charge < -0.3 is 9.80 Å². The lowest BCUT2D eigenvalue weighted by molar-refractivity contribution is 0.590. The van der Waals surface area contributed by atoms with Crippen molar-refractivity contribution in [3.8, 4) is 0 Å². The molecule has 0 aliphatic rings. The maximum Gasteiger partial charge on any atom is 0.0887 e. The fourth-order valence-corrected chi connectivity index (χ4v) is 8.06. The van der Waals surface area contributed by atoms with E-state index < -0.39 is 0 Å². The standard InChI is InChI=1S/C49H57ClN2S/c1-32-28-41(51(37-21-14-33(15-22-37)46(2,3)4)38-23-16-34(17-24-38)47(5,6)7)45(50)42(29-32)52(39-25-18-35(19-26-39)48(8,9)10)43-31-53-44-27-20-36(30-40(43)44)49(11,12)13/h14-31H,1-13H3. The third kappa shape index (κ3) is 8.08. The van der Waals surface area contributed by atoms with Gasteiger partial charge in [-0.05, 0) is 117 Å². The molecule has 0 bridgehead atoms. The summed E-state index contributed by atoms with van der Waals surface area (Å²) in [5, 5.41) is 4.22. The zero-order chi connectivity index (χ0) is 38.7. The van der Waals surface area contributed by atoms with Gasteiger partial charge in [0.25, 0.3) is 0 Å². The van der Waals surface area contributed by atoms with E-state index in [1.54, 1.807) is 11.3 Å². The van der Waals surface area contributed by atoms with Crippen LogP contribution >= 0.6 is 22.9 Å². The van der Waals surface area contributed by atoms with E-state index in [-0.39, 0.29) is 21.7 Å². The summed E-state index contributed by atoms with van der Waals surface area (Å²) < 4.78 is 1.26. The van der Waals surface area contributed by atoms with Crippen LogP contribution in [0, 0.1) is 6.92 Å². The average Bonchev–Trinajstić information content (AvgIpc) is 3.49. The van der Waals surface area contributed by atoms with Crippen molar-refractivity contribution in [2.45, 2.75) is 112 Å². The van der Waals surface area contributed by atoms with Gasteiger partial charge >= 0.3 is 0 Å². The fourth-order valence-electron chi connectivity index (χ4n) is 6.88. The number of anilines is 6. The molecule has 0 aliphatic heterocycles. The number of benzene rings is 5. The van der Waals surface area contributed by atoms with Crippen molar-refractivity contribution in [2.24, 2.45) is 0 Å². The first kappa shape index (κ1) is 38.7. The Morgan fingerprint density at radius 3 is 1.19 bits per heavy atom. The molecule has 0 N–H and O–H groups in total. The van der Waals surface area contributed by atoms with Gasteiger partial charge in [0.2, 0.25) is 0 Å². The Bertz CT molecular complexity index is 2160. The van der Waals surface area contributed by atoms with E-state index in [1.165, 1.54) is 32.3 Å². The second-order valence-electron chi connectivity index (χ2n) is 18.8. The van der Waals surface area contributed by atoms with Gasteiger partial charge in [0, 0.05) is 32.5 Å². The van der Waals surface area contributed by atoms with Crippen LogP contribution in [0.1, 0.15) is 111 Å². The van der Waals surface area contributed by atoms with Gasteiger partial charge in [-0.15, -0.1) is 11.3 Å². The third-order valence-electron chi connectivity index (χ3n) is 10.3. The Balaban J connectivity index is 1.61. The molecule has 0 fully saturated rings. The van der Waals surface area contributed by atoms with Crippen LogP contribution in [-0.4, -0.2) is 0 Å². The molecule has 0 unspecified atom stereocenters. The maximum atomic E-state index is 7.82. The van der Waals surface area contributed by atoms with E-state index in [0.717, 1.165) is 39.7 Å². The zero-order valence-electron chi connectivity index (χ0n) is 34.1. The monoisotopic (exact) mass is 740 g/mol. The molecule has 0 atom stereocenters. The van der Waals surface area contributed by atoms with E-state index in [9.17, 15) is 0 Å². The van der Waals surface area contributed by atoms with E-state index in [0.29, 0.717) is 5.02 Å². The lowest BCUT2D eigenvalue weighted by atomic mass is 9.86. The topological polar surface area (TPSA) is 6.48 Å². The van der Waals surface area contributed by atoms with Crippen molar-refractivity contribution >= 4 is 67.1 Å². The molecule has 0 amide bonds. The smallest absolute Gasteiger partial charge is 0.0887 e. The molecule has 6 aromatic rings. The summed E-state index contributed by atoms with van der Waals surface area (Å²) in [6.07, 6.45) is 0. The minimum atomic E-state index is 0.0202. The predicted molar refractivity (Wildman–Crippen MR) is 236 cm³/mol. The molecule has 4 heteroatoms. The second-order valence-corrected chi connectivity index (χ2v) is 20.0. The molecule has 2 nitrogen and oxygen atoms in total. The highest BCUT2D eigenvalue weighted by Crippen LogP contribution is 2.50. The number of hydrogen-bond donors (Lipinski definition) is 0. The number of aryl methyl sites for hydroxylation is 1. The number of thiophene rings is 1. The van der Waals surface area contributed by atoms with Crippen LogP contribution in [0.25, 0.3) is 10.1 Å². The molecular weight excluding hydrogens is 684 g/mol. The van der Waals surface area contributed by atoms with Gasteiger partial charge in [-0.3, -0.25) is 0 Å². The number of nitrogens with zero attached hydrogens (tertiary/aromatic N) is 2. The first-order valence-corrected chi connectivity index (χ1v) is 20.1. The lowest BCUT2D eigenvalue weighted by Gasteiger charge is -2.32. The van der Waals surface area contributed by atoms with Crippen molar-refractivity contribution in [3.63, 3.8) is 0 Å². The molecule has 1 aromatic heterocycles. The van der Waals surface area contributed by atoms with Crippen molar-refractivity contribution in [3.05, 3.63) is 141 Å². The van der Waals surface area contributed by atoms with Crippen LogP contribution in [0.2, 0.25) is 5.02 Å². The van der Waals surface area contributed by atoms with Crippen LogP contribution in [-0.2, 0) is 21.7 Å². The summed E-state index contributed by atoms with van der Waals surface area (Å²) in [6.45, 7) is 29.4. The summed E-state index contributed by atoms with van der Waals surface area (Å²) in [6, 6.07) is 38.4. The zero-order valence-corrected chi connectivity index (χ0v) is 35.6. The quantitative estimate of drug-likeness (QED) is 0.168. The minimum absolute atomic E-state index is 0.0202. The highest BCUT2D eigenvalue weighted by Gasteiger charge is 2.27. The Morgan fingerprint density at radius 1 is 0.434 bits per heavy atom. The normalized spacial score (nSPS) is 12.7. The van der Waals surface area contributed by atoms with E-state index >= 15 is 0 Å². The number of fused-ring (bicyclic) bond motifs is 1. The molecule has 53 heavy (non-hydrogen) atoms. The number of rotatable bonds is 6. The van der Waals surface area contributed by atoms with Gasteiger partial charge in [-0.2, -0.15) is 0 Å². The van der Waals surface area contributed by atoms with Gasteiger partial charge in [-0.25, -0.2) is 0 Å². The van der Waals surface area contributed by atoms with Crippen LogP contribution < -0.4 is 9.80 Å². The summed E-state index contributed by atoms with van der Waals surface area (Å²) in [5.41, 5.74) is 12.7. The first-order valence-electron chi connectivity index (χ1n) is 18.9. The van der Waals surface area contributed by atoms with Gasteiger partial charge in [0.1, 0.15) is 0 Å². The maximum absolute atomic E-state index is 7.82. The summed E-state index contributed by atoms with van der Waals surface area (Å²) in [4.78, 5) is 4.70. The largest absolute Gasteiger partial charge is 0.309 e. The highest BCUT2D eigenvalue weighted by atomic mass is 35.5. The number of halogens is 1. The van der Waals surface area contributed by atoms with E-state index in [2.05, 4.69) is 208 Å². The molecule has 276 valence electrons. The van der Waals surface area contributed by atoms with Crippen molar-refractivity contribution in [2.75, 3.05) is 9.80 Å². The lowest BCUT2D eigenvalue weighted by Crippen LogP contribution is -2.17. The molecule has 0 radical (unpaired) electrons. The molecule has 0 saturated heterocycles. The van der Waals surface area contributed by atoms with Crippen LogP contribution in [0.5, 0.6) is 0 Å². The molecular formula is C49H57ClN2S. The van der Waals surface area contributed by atoms with Crippen LogP contribution in [0.4, 0.5) is 34.1 Å². The van der Waals surface area contributed by atoms with Crippen molar-refractivity contribution in [1.29, 1.82) is 0 Å². The van der Waals surface area contributed by atoms with Crippen LogP contribution in [0.15, 0.2) is 109 Å². The molecule has 1 heterocycles. The van der Waals surface area contributed by atoms with Gasteiger partial charge in [-0.1, -0.05) is 137 Å². The summed E-state index contributed by atoms with van der Waals surface area (Å²) in [5.74, 6) is 0. The summed E-state index contributed by atoms with van der Waals surface area (Å²) in [7, 11) is 0. The molecule has 0 saturated carbocycles.